The zero-order chi connectivity index (χ0) is 11.3. The van der Waals surface area contributed by atoms with Gasteiger partial charge in [-0.2, -0.15) is 0 Å². The first-order chi connectivity index (χ1) is 7.11. The summed E-state index contributed by atoms with van der Waals surface area (Å²) < 4.78 is 0. The highest BCUT2D eigenvalue weighted by Gasteiger charge is 2.17. The maximum atomic E-state index is 10.3. The van der Waals surface area contributed by atoms with Crippen molar-refractivity contribution in [3.63, 3.8) is 0 Å². The van der Waals surface area contributed by atoms with Crippen LogP contribution in [0.15, 0.2) is 23.3 Å². The molecule has 0 N–H and O–H groups in total. The van der Waals surface area contributed by atoms with Gasteiger partial charge in [0, 0.05) is 6.42 Å². The lowest BCUT2D eigenvalue weighted by Crippen LogP contribution is -2.10. The van der Waals surface area contributed by atoms with E-state index in [0.29, 0.717) is 6.42 Å². The summed E-state index contributed by atoms with van der Waals surface area (Å²) in [6.45, 7) is 6.76. The highest BCUT2D eigenvalue weighted by atomic mass is 16.1. The van der Waals surface area contributed by atoms with Crippen molar-refractivity contribution in [1.29, 1.82) is 0 Å². The van der Waals surface area contributed by atoms with Crippen LogP contribution in [0.25, 0.3) is 0 Å². The molecule has 0 aromatic rings. The van der Waals surface area contributed by atoms with E-state index in [4.69, 9.17) is 0 Å². The van der Waals surface area contributed by atoms with Gasteiger partial charge in [0.1, 0.15) is 6.29 Å². The summed E-state index contributed by atoms with van der Waals surface area (Å²) in [6, 6.07) is 0. The molecule has 0 heterocycles. The summed E-state index contributed by atoms with van der Waals surface area (Å²) in [6.07, 6.45) is 9.54. The molecule has 1 atom stereocenters. The predicted molar refractivity (Wildman–Crippen MR) is 64.7 cm³/mol. The summed E-state index contributed by atoms with van der Waals surface area (Å²) in [5, 5.41) is 0. The molecule has 0 bridgehead atoms. The van der Waals surface area contributed by atoms with Crippen molar-refractivity contribution in [2.75, 3.05) is 0 Å². The third kappa shape index (κ3) is 4.46. The van der Waals surface area contributed by atoms with Gasteiger partial charge < -0.3 is 4.79 Å². The lowest BCUT2D eigenvalue weighted by Gasteiger charge is -2.24. The van der Waals surface area contributed by atoms with Crippen molar-refractivity contribution in [1.82, 2.24) is 0 Å². The summed E-state index contributed by atoms with van der Waals surface area (Å²) in [5.41, 5.74) is 2.82. The second-order valence-electron chi connectivity index (χ2n) is 5.08. The fourth-order valence-corrected chi connectivity index (χ4v) is 2.47. The summed E-state index contributed by atoms with van der Waals surface area (Å²) in [7, 11) is 0. The Hall–Kier alpha value is -0.850. The van der Waals surface area contributed by atoms with Crippen LogP contribution in [0.1, 0.15) is 46.5 Å². The average molecular weight is 206 g/mol. The minimum atomic E-state index is 0.563. The maximum absolute atomic E-state index is 10.3. The Bertz CT molecular complexity index is 271. The zero-order valence-corrected chi connectivity index (χ0v) is 10.1. The number of allylic oxidation sites excluding steroid dienone is 4. The fraction of sp³-hybridized carbons (Fsp3) is 0.643. The highest BCUT2D eigenvalue weighted by molar-refractivity contribution is 5.53. The van der Waals surface area contributed by atoms with Gasteiger partial charge in [-0.15, -0.1) is 0 Å². The fourth-order valence-electron chi connectivity index (χ4n) is 2.47. The second kappa shape index (κ2) is 5.89. The van der Waals surface area contributed by atoms with E-state index in [1.165, 1.54) is 24.0 Å². The molecule has 1 aliphatic carbocycles. The van der Waals surface area contributed by atoms with Crippen molar-refractivity contribution in [2.24, 2.45) is 11.8 Å². The Kier molecular flexibility index (Phi) is 4.80. The molecule has 0 aromatic carbocycles. The van der Waals surface area contributed by atoms with Crippen molar-refractivity contribution >= 4 is 6.29 Å². The zero-order valence-electron chi connectivity index (χ0n) is 10.1. The van der Waals surface area contributed by atoms with Gasteiger partial charge in [-0.25, -0.2) is 0 Å². The first kappa shape index (κ1) is 12.2. The van der Waals surface area contributed by atoms with Gasteiger partial charge in [-0.1, -0.05) is 37.1 Å². The minimum Gasteiger partial charge on any atom is -0.303 e. The number of aldehydes is 1. The summed E-state index contributed by atoms with van der Waals surface area (Å²) >= 11 is 0. The molecule has 0 saturated carbocycles. The molecule has 1 nitrogen and oxygen atoms in total. The van der Waals surface area contributed by atoms with Gasteiger partial charge in [-0.3, -0.25) is 0 Å². The predicted octanol–water partition coefficient (Wildman–Crippen LogP) is 3.90. The lowest BCUT2D eigenvalue weighted by atomic mass is 9.81. The van der Waals surface area contributed by atoms with Gasteiger partial charge >= 0.3 is 0 Å². The van der Waals surface area contributed by atoms with E-state index in [0.717, 1.165) is 24.5 Å². The van der Waals surface area contributed by atoms with Gasteiger partial charge in [-0.05, 0) is 38.0 Å². The molecule has 0 radical (unpaired) electrons. The standard InChI is InChI=1S/C14H22O/c1-11(2)7-14-9-12(3)8-13(10-14)5-4-6-15/h5-6,8,11,14H,4,7,9-10H2,1-3H3. The first-order valence-electron chi connectivity index (χ1n) is 5.91. The molecular weight excluding hydrogens is 184 g/mol. The Morgan fingerprint density at radius 3 is 2.80 bits per heavy atom. The van der Waals surface area contributed by atoms with Crippen LogP contribution in [0.2, 0.25) is 0 Å². The van der Waals surface area contributed by atoms with E-state index >= 15 is 0 Å². The lowest BCUT2D eigenvalue weighted by molar-refractivity contribution is -0.107. The Morgan fingerprint density at radius 1 is 1.47 bits per heavy atom. The molecule has 0 aromatic heterocycles. The third-order valence-electron chi connectivity index (χ3n) is 2.85. The number of hydrogen-bond donors (Lipinski definition) is 0. The molecule has 1 rings (SSSR count). The molecule has 0 spiro atoms. The molecule has 1 unspecified atom stereocenters. The van der Waals surface area contributed by atoms with Gasteiger partial charge in [0.25, 0.3) is 0 Å². The average Bonchev–Trinajstić information content (AvgIpc) is 2.12. The van der Waals surface area contributed by atoms with Gasteiger partial charge in [0.15, 0.2) is 0 Å². The normalized spacial score (nSPS) is 24.4. The Balaban J connectivity index is 2.61. The van der Waals surface area contributed by atoms with Crippen LogP contribution in [0.3, 0.4) is 0 Å². The van der Waals surface area contributed by atoms with Crippen LogP contribution in [-0.4, -0.2) is 6.29 Å². The molecular formula is C14H22O. The number of hydrogen-bond acceptors (Lipinski definition) is 1. The monoisotopic (exact) mass is 206 g/mol. The van der Waals surface area contributed by atoms with E-state index in [1.54, 1.807) is 0 Å². The third-order valence-corrected chi connectivity index (χ3v) is 2.85. The van der Waals surface area contributed by atoms with Crippen LogP contribution in [0.5, 0.6) is 0 Å². The quantitative estimate of drug-likeness (QED) is 0.637. The summed E-state index contributed by atoms with van der Waals surface area (Å²) in [5.74, 6) is 1.56. The van der Waals surface area contributed by atoms with Crippen molar-refractivity contribution in [3.8, 4) is 0 Å². The van der Waals surface area contributed by atoms with Crippen molar-refractivity contribution < 1.29 is 4.79 Å². The molecule has 84 valence electrons. The van der Waals surface area contributed by atoms with E-state index in [9.17, 15) is 4.79 Å². The SMILES string of the molecule is CC1=CC(=CCC=O)CC(CC(C)C)C1. The maximum Gasteiger partial charge on any atom is 0.123 e. The Labute approximate surface area is 93.3 Å². The number of carbonyl (C=O) groups excluding carboxylic acids is 1. The van der Waals surface area contributed by atoms with E-state index < -0.39 is 0 Å². The van der Waals surface area contributed by atoms with Gasteiger partial charge in [0.2, 0.25) is 0 Å². The van der Waals surface area contributed by atoms with Crippen LogP contribution >= 0.6 is 0 Å². The van der Waals surface area contributed by atoms with E-state index in [2.05, 4.69) is 32.9 Å². The highest BCUT2D eigenvalue weighted by Crippen LogP contribution is 2.31. The Morgan fingerprint density at radius 2 is 2.20 bits per heavy atom. The number of rotatable bonds is 4. The topological polar surface area (TPSA) is 17.1 Å². The summed E-state index contributed by atoms with van der Waals surface area (Å²) in [4.78, 5) is 10.3. The van der Waals surface area contributed by atoms with Gasteiger partial charge in [0.05, 0.1) is 0 Å². The van der Waals surface area contributed by atoms with E-state index in [-0.39, 0.29) is 0 Å². The molecule has 1 aliphatic rings. The van der Waals surface area contributed by atoms with Crippen LogP contribution < -0.4 is 0 Å². The smallest absolute Gasteiger partial charge is 0.123 e. The molecule has 0 amide bonds. The molecule has 0 saturated heterocycles. The largest absolute Gasteiger partial charge is 0.303 e. The molecule has 0 aliphatic heterocycles. The second-order valence-corrected chi connectivity index (χ2v) is 5.08. The molecule has 0 fully saturated rings. The van der Waals surface area contributed by atoms with E-state index in [1.807, 2.05) is 0 Å². The van der Waals surface area contributed by atoms with Crippen LogP contribution in [0.4, 0.5) is 0 Å². The first-order valence-corrected chi connectivity index (χ1v) is 5.91. The van der Waals surface area contributed by atoms with Crippen LogP contribution in [-0.2, 0) is 4.79 Å². The van der Waals surface area contributed by atoms with Crippen molar-refractivity contribution in [2.45, 2.75) is 46.5 Å². The minimum absolute atomic E-state index is 0.563. The van der Waals surface area contributed by atoms with Crippen LogP contribution in [0, 0.1) is 11.8 Å². The number of carbonyl (C=O) groups is 1. The van der Waals surface area contributed by atoms with Crippen molar-refractivity contribution in [3.05, 3.63) is 23.3 Å². The molecule has 1 heteroatoms. The molecule has 15 heavy (non-hydrogen) atoms.